The fraction of sp³-hybridized carbons (Fsp3) is 1.00. The van der Waals surface area contributed by atoms with Crippen LogP contribution in [-0.4, -0.2) is 13.1 Å². The van der Waals surface area contributed by atoms with Crippen LogP contribution in [0.1, 0.15) is 72.6 Å². The molecule has 0 aliphatic heterocycles. The first-order valence-corrected chi connectivity index (χ1v) is 8.58. The Bertz CT molecular complexity index is 263. The quantitative estimate of drug-likeness (QED) is 0.768. The average molecular weight is 265 g/mol. The van der Waals surface area contributed by atoms with Crippen LogP contribution in [0.2, 0.25) is 0 Å². The van der Waals surface area contributed by atoms with Gasteiger partial charge >= 0.3 is 0 Å². The Balaban J connectivity index is 1.96. The van der Waals surface area contributed by atoms with Gasteiger partial charge in [0, 0.05) is 6.04 Å². The van der Waals surface area contributed by atoms with E-state index in [-0.39, 0.29) is 0 Å². The van der Waals surface area contributed by atoms with E-state index in [4.69, 9.17) is 0 Å². The Kier molecular flexibility index (Phi) is 4.98. The lowest BCUT2D eigenvalue weighted by molar-refractivity contribution is 0.101. The molecule has 1 N–H and O–H groups in total. The van der Waals surface area contributed by atoms with Gasteiger partial charge in [-0.3, -0.25) is 0 Å². The van der Waals surface area contributed by atoms with Crippen LogP contribution in [0, 0.1) is 29.1 Å². The molecule has 3 unspecified atom stereocenters. The molecule has 1 heteroatoms. The molecule has 112 valence electrons. The first kappa shape index (κ1) is 15.4. The summed E-state index contributed by atoms with van der Waals surface area (Å²) in [5.41, 5.74) is 0.599. The van der Waals surface area contributed by atoms with Gasteiger partial charge in [0.2, 0.25) is 0 Å². The van der Waals surface area contributed by atoms with Crippen molar-refractivity contribution in [3.63, 3.8) is 0 Å². The molecule has 19 heavy (non-hydrogen) atoms. The van der Waals surface area contributed by atoms with Crippen LogP contribution in [0.3, 0.4) is 0 Å². The van der Waals surface area contributed by atoms with Crippen molar-refractivity contribution in [1.29, 1.82) is 0 Å². The van der Waals surface area contributed by atoms with Gasteiger partial charge in [-0.2, -0.15) is 0 Å². The molecule has 2 rings (SSSR count). The number of nitrogens with one attached hydrogen (secondary N) is 1. The van der Waals surface area contributed by atoms with Crippen LogP contribution in [-0.2, 0) is 0 Å². The summed E-state index contributed by atoms with van der Waals surface area (Å²) in [6, 6.07) is 0.779. The molecule has 2 saturated carbocycles. The van der Waals surface area contributed by atoms with Crippen molar-refractivity contribution >= 4 is 0 Å². The van der Waals surface area contributed by atoms with E-state index in [1.807, 2.05) is 0 Å². The average Bonchev–Trinajstić information content (AvgIpc) is 2.31. The Morgan fingerprint density at radius 2 is 1.42 bits per heavy atom. The predicted octanol–water partition coefficient (Wildman–Crippen LogP) is 4.86. The van der Waals surface area contributed by atoms with Crippen LogP contribution in [0.15, 0.2) is 0 Å². The Morgan fingerprint density at radius 3 is 1.89 bits per heavy atom. The Hall–Kier alpha value is -0.0400. The largest absolute Gasteiger partial charge is 0.316 e. The Labute approximate surface area is 120 Å². The highest BCUT2D eigenvalue weighted by molar-refractivity contribution is 4.91. The fourth-order valence-corrected chi connectivity index (χ4v) is 4.94. The summed E-state index contributed by atoms with van der Waals surface area (Å²) < 4.78 is 0. The zero-order valence-corrected chi connectivity index (χ0v) is 13.8. The van der Waals surface area contributed by atoms with E-state index < -0.39 is 0 Å². The molecule has 0 saturated heterocycles. The molecule has 0 spiro atoms. The number of rotatable bonds is 3. The lowest BCUT2D eigenvalue weighted by Crippen LogP contribution is -2.45. The second-order valence-electron chi connectivity index (χ2n) is 8.49. The van der Waals surface area contributed by atoms with Gasteiger partial charge < -0.3 is 5.32 Å². The van der Waals surface area contributed by atoms with Crippen molar-refractivity contribution in [2.24, 2.45) is 29.1 Å². The molecule has 0 heterocycles. The molecule has 0 amide bonds. The highest BCUT2D eigenvalue weighted by Crippen LogP contribution is 2.43. The van der Waals surface area contributed by atoms with Gasteiger partial charge in [-0.05, 0) is 81.1 Å². The minimum Gasteiger partial charge on any atom is -0.316 e. The zero-order chi connectivity index (χ0) is 14.0. The van der Waals surface area contributed by atoms with Gasteiger partial charge in [-0.25, -0.2) is 0 Å². The summed E-state index contributed by atoms with van der Waals surface area (Å²) in [5.74, 6) is 3.73. The molecule has 0 aromatic rings. The fourth-order valence-electron chi connectivity index (χ4n) is 4.94. The van der Waals surface area contributed by atoms with Crippen LogP contribution in [0.5, 0.6) is 0 Å². The smallest absolute Gasteiger partial charge is 0.0121 e. The predicted molar refractivity (Wildman–Crippen MR) is 84.3 cm³/mol. The maximum absolute atomic E-state index is 3.71. The summed E-state index contributed by atoms with van der Waals surface area (Å²) in [6.07, 6.45) is 10.1. The second-order valence-corrected chi connectivity index (χ2v) is 8.49. The summed E-state index contributed by atoms with van der Waals surface area (Å²) in [5, 5.41) is 3.71. The van der Waals surface area contributed by atoms with E-state index in [0.717, 1.165) is 29.7 Å². The molecular formula is C18H35N. The third-order valence-corrected chi connectivity index (χ3v) is 5.95. The molecule has 0 aromatic carbocycles. The molecular weight excluding hydrogens is 230 g/mol. The molecule has 3 atom stereocenters. The lowest BCUT2D eigenvalue weighted by atomic mass is 9.65. The van der Waals surface area contributed by atoms with Gasteiger partial charge in [0.05, 0.1) is 0 Å². The SMILES string of the molecule is CNC(C1CCC(C)(C)CC1)C1CC(C)CC(C)C1. The van der Waals surface area contributed by atoms with E-state index in [1.54, 1.807) is 0 Å². The summed E-state index contributed by atoms with van der Waals surface area (Å²) in [4.78, 5) is 0. The third kappa shape index (κ3) is 3.97. The molecule has 0 aromatic heterocycles. The second kappa shape index (κ2) is 6.16. The summed E-state index contributed by atoms with van der Waals surface area (Å²) in [6.45, 7) is 9.81. The standard InChI is InChI=1S/C18H35N/c1-13-10-14(2)12-16(11-13)17(19-5)15-6-8-18(3,4)9-7-15/h13-17,19H,6-12H2,1-5H3. The molecule has 2 aliphatic carbocycles. The van der Waals surface area contributed by atoms with Gasteiger partial charge in [0.15, 0.2) is 0 Å². The molecule has 0 radical (unpaired) electrons. The van der Waals surface area contributed by atoms with Crippen LogP contribution < -0.4 is 5.32 Å². The molecule has 2 fully saturated rings. The van der Waals surface area contributed by atoms with E-state index in [0.29, 0.717) is 5.41 Å². The van der Waals surface area contributed by atoms with Gasteiger partial charge in [0.1, 0.15) is 0 Å². The first-order valence-electron chi connectivity index (χ1n) is 8.58. The minimum atomic E-state index is 0.599. The van der Waals surface area contributed by atoms with E-state index in [1.165, 1.54) is 44.9 Å². The van der Waals surface area contributed by atoms with Crippen LogP contribution in [0.4, 0.5) is 0 Å². The maximum Gasteiger partial charge on any atom is 0.0121 e. The van der Waals surface area contributed by atoms with Crippen molar-refractivity contribution in [2.45, 2.75) is 78.7 Å². The van der Waals surface area contributed by atoms with Gasteiger partial charge in [0.25, 0.3) is 0 Å². The normalized spacial score (nSPS) is 38.1. The van der Waals surface area contributed by atoms with Crippen molar-refractivity contribution in [1.82, 2.24) is 5.32 Å². The highest BCUT2D eigenvalue weighted by atomic mass is 14.9. The topological polar surface area (TPSA) is 12.0 Å². The van der Waals surface area contributed by atoms with E-state index in [2.05, 4.69) is 40.1 Å². The highest BCUT2D eigenvalue weighted by Gasteiger charge is 2.36. The van der Waals surface area contributed by atoms with Crippen molar-refractivity contribution in [3.8, 4) is 0 Å². The number of hydrogen-bond donors (Lipinski definition) is 1. The van der Waals surface area contributed by atoms with Crippen LogP contribution >= 0.6 is 0 Å². The van der Waals surface area contributed by atoms with Crippen LogP contribution in [0.25, 0.3) is 0 Å². The van der Waals surface area contributed by atoms with Crippen molar-refractivity contribution in [2.75, 3.05) is 7.05 Å². The van der Waals surface area contributed by atoms with Crippen molar-refractivity contribution < 1.29 is 0 Å². The maximum atomic E-state index is 3.71. The number of hydrogen-bond acceptors (Lipinski definition) is 1. The first-order chi connectivity index (χ1) is 8.91. The molecule has 0 bridgehead atoms. The van der Waals surface area contributed by atoms with Gasteiger partial charge in [-0.15, -0.1) is 0 Å². The van der Waals surface area contributed by atoms with E-state index >= 15 is 0 Å². The third-order valence-electron chi connectivity index (χ3n) is 5.95. The summed E-state index contributed by atoms with van der Waals surface area (Å²) in [7, 11) is 2.20. The van der Waals surface area contributed by atoms with Gasteiger partial charge in [-0.1, -0.05) is 27.7 Å². The lowest BCUT2D eigenvalue weighted by Gasteiger charge is -2.43. The Morgan fingerprint density at radius 1 is 0.895 bits per heavy atom. The zero-order valence-electron chi connectivity index (χ0n) is 13.8. The van der Waals surface area contributed by atoms with E-state index in [9.17, 15) is 0 Å². The summed E-state index contributed by atoms with van der Waals surface area (Å²) >= 11 is 0. The minimum absolute atomic E-state index is 0.599. The van der Waals surface area contributed by atoms with Crippen molar-refractivity contribution in [3.05, 3.63) is 0 Å². The molecule has 1 nitrogen and oxygen atoms in total. The monoisotopic (exact) mass is 265 g/mol. The molecule has 2 aliphatic rings.